The van der Waals surface area contributed by atoms with E-state index in [2.05, 4.69) is 10.2 Å². The Morgan fingerprint density at radius 3 is 2.84 bits per heavy atom. The molecule has 1 aliphatic heterocycles. The molecule has 1 saturated heterocycles. The fourth-order valence-electron chi connectivity index (χ4n) is 3.63. The van der Waals surface area contributed by atoms with E-state index in [1.54, 1.807) is 12.4 Å². The third kappa shape index (κ3) is 2.79. The van der Waals surface area contributed by atoms with E-state index in [9.17, 15) is 5.11 Å². The molecule has 104 valence electrons. The molecular formula is C15H22N2O2. The van der Waals surface area contributed by atoms with Gasteiger partial charge in [-0.25, -0.2) is 0 Å². The van der Waals surface area contributed by atoms with Crippen molar-refractivity contribution in [2.75, 3.05) is 6.61 Å². The van der Waals surface area contributed by atoms with Crippen molar-refractivity contribution >= 4 is 0 Å². The van der Waals surface area contributed by atoms with Crippen molar-refractivity contribution in [3.8, 4) is 0 Å². The second-order valence-electron chi connectivity index (χ2n) is 5.97. The first-order chi connectivity index (χ1) is 9.29. The van der Waals surface area contributed by atoms with Crippen molar-refractivity contribution in [1.82, 2.24) is 10.2 Å². The summed E-state index contributed by atoms with van der Waals surface area (Å²) in [7, 11) is 0. The quantitative estimate of drug-likeness (QED) is 0.890. The Balaban J connectivity index is 1.71. The highest BCUT2D eigenvalue weighted by Gasteiger charge is 2.40. The zero-order valence-corrected chi connectivity index (χ0v) is 11.3. The van der Waals surface area contributed by atoms with Crippen molar-refractivity contribution in [1.29, 1.82) is 0 Å². The lowest BCUT2D eigenvalue weighted by Crippen LogP contribution is -2.42. The van der Waals surface area contributed by atoms with Gasteiger partial charge in [-0.15, -0.1) is 0 Å². The molecule has 2 fully saturated rings. The van der Waals surface area contributed by atoms with Gasteiger partial charge in [0.1, 0.15) is 0 Å². The van der Waals surface area contributed by atoms with Gasteiger partial charge in [0.2, 0.25) is 0 Å². The van der Waals surface area contributed by atoms with E-state index in [0.29, 0.717) is 0 Å². The summed E-state index contributed by atoms with van der Waals surface area (Å²) in [5.41, 5.74) is 0.927. The SMILES string of the molecule is OC(c1ccnnc1)C1CCOC2(CCCCC2)C1. The summed E-state index contributed by atoms with van der Waals surface area (Å²) in [5, 5.41) is 18.2. The molecule has 4 heteroatoms. The smallest absolute Gasteiger partial charge is 0.0836 e. The monoisotopic (exact) mass is 262 g/mol. The second kappa shape index (κ2) is 5.55. The van der Waals surface area contributed by atoms with Crippen LogP contribution in [-0.4, -0.2) is 27.5 Å². The number of ether oxygens (including phenoxy) is 1. The molecule has 1 aromatic rings. The Labute approximate surface area is 114 Å². The summed E-state index contributed by atoms with van der Waals surface area (Å²) >= 11 is 0. The molecule has 1 saturated carbocycles. The summed E-state index contributed by atoms with van der Waals surface area (Å²) in [4.78, 5) is 0. The Morgan fingerprint density at radius 2 is 2.11 bits per heavy atom. The Morgan fingerprint density at radius 1 is 1.26 bits per heavy atom. The number of hydrogen-bond acceptors (Lipinski definition) is 4. The van der Waals surface area contributed by atoms with Gasteiger partial charge in [-0.3, -0.25) is 0 Å². The van der Waals surface area contributed by atoms with E-state index in [-0.39, 0.29) is 11.5 Å². The largest absolute Gasteiger partial charge is 0.388 e. The number of aliphatic hydroxyl groups is 1. The third-order valence-electron chi connectivity index (χ3n) is 4.69. The lowest BCUT2D eigenvalue weighted by molar-refractivity contribution is -0.134. The minimum absolute atomic E-state index is 0.0443. The summed E-state index contributed by atoms with van der Waals surface area (Å²) in [6.07, 6.45) is 11.0. The van der Waals surface area contributed by atoms with E-state index in [0.717, 1.165) is 37.9 Å². The zero-order chi connectivity index (χ0) is 13.1. The van der Waals surface area contributed by atoms with Gasteiger partial charge in [0, 0.05) is 18.4 Å². The average molecular weight is 262 g/mol. The topological polar surface area (TPSA) is 55.2 Å². The first kappa shape index (κ1) is 13.0. The fourth-order valence-corrected chi connectivity index (χ4v) is 3.63. The van der Waals surface area contributed by atoms with Crippen molar-refractivity contribution in [3.05, 3.63) is 24.0 Å². The van der Waals surface area contributed by atoms with Crippen LogP contribution in [-0.2, 0) is 4.74 Å². The first-order valence-corrected chi connectivity index (χ1v) is 7.38. The lowest BCUT2D eigenvalue weighted by Gasteiger charge is -2.44. The van der Waals surface area contributed by atoms with Crippen LogP contribution in [0, 0.1) is 5.92 Å². The zero-order valence-electron chi connectivity index (χ0n) is 11.3. The van der Waals surface area contributed by atoms with Crippen LogP contribution in [0.25, 0.3) is 0 Å². The maximum atomic E-state index is 10.5. The fraction of sp³-hybridized carbons (Fsp3) is 0.733. The van der Waals surface area contributed by atoms with Crippen LogP contribution in [0.15, 0.2) is 18.5 Å². The third-order valence-corrected chi connectivity index (χ3v) is 4.69. The van der Waals surface area contributed by atoms with E-state index in [4.69, 9.17) is 4.74 Å². The summed E-state index contributed by atoms with van der Waals surface area (Å²) in [6, 6.07) is 1.86. The number of aromatic nitrogens is 2. The molecule has 1 N–H and O–H groups in total. The van der Waals surface area contributed by atoms with Crippen LogP contribution in [0.4, 0.5) is 0 Å². The van der Waals surface area contributed by atoms with Crippen LogP contribution in [0.1, 0.15) is 56.6 Å². The molecule has 2 unspecified atom stereocenters. The number of nitrogens with zero attached hydrogens (tertiary/aromatic N) is 2. The maximum absolute atomic E-state index is 10.5. The Kier molecular flexibility index (Phi) is 3.80. The summed E-state index contributed by atoms with van der Waals surface area (Å²) in [5.74, 6) is 0.288. The molecule has 19 heavy (non-hydrogen) atoms. The first-order valence-electron chi connectivity index (χ1n) is 7.38. The van der Waals surface area contributed by atoms with Gasteiger partial charge in [-0.2, -0.15) is 10.2 Å². The molecule has 2 aliphatic rings. The molecule has 4 nitrogen and oxygen atoms in total. The van der Waals surface area contributed by atoms with Gasteiger partial charge in [-0.05, 0) is 37.7 Å². The number of hydrogen-bond donors (Lipinski definition) is 1. The molecule has 2 atom stereocenters. The number of rotatable bonds is 2. The highest BCUT2D eigenvalue weighted by Crippen LogP contribution is 2.44. The van der Waals surface area contributed by atoms with E-state index in [1.165, 1.54) is 19.3 Å². The predicted octanol–water partition coefficient (Wildman–Crippen LogP) is 2.64. The summed E-state index contributed by atoms with van der Waals surface area (Å²) < 4.78 is 6.08. The van der Waals surface area contributed by atoms with Gasteiger partial charge in [0.05, 0.1) is 17.9 Å². The molecule has 1 aromatic heterocycles. The molecule has 0 amide bonds. The van der Waals surface area contributed by atoms with E-state index in [1.807, 2.05) is 6.07 Å². The summed E-state index contributed by atoms with van der Waals surface area (Å²) in [6.45, 7) is 0.778. The van der Waals surface area contributed by atoms with Gasteiger partial charge in [0.25, 0.3) is 0 Å². The van der Waals surface area contributed by atoms with Gasteiger partial charge in [-0.1, -0.05) is 19.3 Å². The average Bonchev–Trinajstić information content (AvgIpc) is 2.48. The van der Waals surface area contributed by atoms with Crippen LogP contribution >= 0.6 is 0 Å². The van der Waals surface area contributed by atoms with Gasteiger partial charge >= 0.3 is 0 Å². The molecular weight excluding hydrogens is 240 g/mol. The number of aliphatic hydroxyl groups excluding tert-OH is 1. The minimum Gasteiger partial charge on any atom is -0.388 e. The minimum atomic E-state index is -0.432. The van der Waals surface area contributed by atoms with Crippen LogP contribution in [0.5, 0.6) is 0 Å². The van der Waals surface area contributed by atoms with Crippen LogP contribution in [0.2, 0.25) is 0 Å². The molecule has 1 spiro atoms. The normalized spacial score (nSPS) is 28.2. The van der Waals surface area contributed by atoms with Crippen LogP contribution in [0.3, 0.4) is 0 Å². The highest BCUT2D eigenvalue weighted by atomic mass is 16.5. The Hall–Kier alpha value is -1.00. The van der Waals surface area contributed by atoms with Crippen molar-refractivity contribution < 1.29 is 9.84 Å². The Bertz CT molecular complexity index is 398. The molecule has 3 rings (SSSR count). The van der Waals surface area contributed by atoms with Crippen molar-refractivity contribution in [2.45, 2.75) is 56.7 Å². The molecule has 1 aliphatic carbocycles. The van der Waals surface area contributed by atoms with Crippen molar-refractivity contribution in [2.24, 2.45) is 5.92 Å². The van der Waals surface area contributed by atoms with Gasteiger partial charge < -0.3 is 9.84 Å². The molecule has 2 heterocycles. The molecule has 0 radical (unpaired) electrons. The second-order valence-corrected chi connectivity index (χ2v) is 5.97. The highest BCUT2D eigenvalue weighted by molar-refractivity contribution is 5.11. The predicted molar refractivity (Wildman–Crippen MR) is 71.5 cm³/mol. The molecule has 0 bridgehead atoms. The molecule has 0 aromatic carbocycles. The lowest BCUT2D eigenvalue weighted by atomic mass is 9.74. The van der Waals surface area contributed by atoms with Crippen molar-refractivity contribution in [3.63, 3.8) is 0 Å². The standard InChI is InChI=1S/C15H22N2O2/c18-14(13-4-8-16-17-11-13)12-5-9-19-15(10-12)6-2-1-3-7-15/h4,8,11-12,14,18H,1-3,5-7,9-10H2. The van der Waals surface area contributed by atoms with E-state index < -0.39 is 6.10 Å². The van der Waals surface area contributed by atoms with Crippen LogP contribution < -0.4 is 0 Å². The van der Waals surface area contributed by atoms with E-state index >= 15 is 0 Å². The van der Waals surface area contributed by atoms with Gasteiger partial charge in [0.15, 0.2) is 0 Å². The maximum Gasteiger partial charge on any atom is 0.0836 e.